The van der Waals surface area contributed by atoms with Crippen molar-refractivity contribution in [3.05, 3.63) is 29.8 Å². The second kappa shape index (κ2) is 17.7. The Morgan fingerprint density at radius 2 is 0.840 bits per heavy atom. The molecule has 1 heterocycles. The molecule has 1 N–H and O–H groups in total. The summed E-state index contributed by atoms with van der Waals surface area (Å²) in [5.74, 6) is -7.09. The molecule has 0 saturated carbocycles. The fourth-order valence-electron chi connectivity index (χ4n) is 6.03. The van der Waals surface area contributed by atoms with Gasteiger partial charge in [-0.3, -0.25) is 14.4 Å². The summed E-state index contributed by atoms with van der Waals surface area (Å²) in [6.07, 6.45) is -4.08. The fraction of sp³-hybridized carbons (Fsp3) is 0.676. The molecule has 3 amide bonds. The van der Waals surface area contributed by atoms with Gasteiger partial charge in [0.2, 0.25) is 0 Å². The molecule has 1 saturated heterocycles. The summed E-state index contributed by atoms with van der Waals surface area (Å²) >= 11 is 0. The summed E-state index contributed by atoms with van der Waals surface area (Å²) in [5, 5.41) is 9.83. The quantitative estimate of drug-likeness (QED) is 0.329. The molecule has 1 aliphatic heterocycles. The van der Waals surface area contributed by atoms with Crippen molar-refractivity contribution in [2.45, 2.75) is 112 Å². The smallest absolute Gasteiger partial charge is 0.329 e. The van der Waals surface area contributed by atoms with Crippen LogP contribution in [0.15, 0.2) is 24.3 Å². The number of hydrogen-bond donors (Lipinski definition) is 1. The Bertz CT molecular complexity index is 1360. The number of benzene rings is 1. The van der Waals surface area contributed by atoms with Crippen LogP contribution in [0.3, 0.4) is 0 Å². The predicted molar refractivity (Wildman–Crippen MR) is 185 cm³/mol. The van der Waals surface area contributed by atoms with Crippen molar-refractivity contribution in [2.24, 2.45) is 29.6 Å². The monoisotopic (exact) mass is 703 g/mol. The van der Waals surface area contributed by atoms with E-state index in [2.05, 4.69) is 0 Å². The molecule has 1 aromatic carbocycles. The van der Waals surface area contributed by atoms with Gasteiger partial charge in [-0.05, 0) is 47.3 Å². The second-order valence-corrected chi connectivity index (χ2v) is 14.9. The zero-order chi connectivity index (χ0) is 38.4. The van der Waals surface area contributed by atoms with E-state index in [0.29, 0.717) is 5.56 Å². The predicted octanol–water partition coefficient (Wildman–Crippen LogP) is 3.44. The van der Waals surface area contributed by atoms with Crippen molar-refractivity contribution < 1.29 is 48.1 Å². The van der Waals surface area contributed by atoms with Gasteiger partial charge in [-0.25, -0.2) is 14.4 Å². The van der Waals surface area contributed by atoms with E-state index >= 15 is 0 Å². The van der Waals surface area contributed by atoms with Gasteiger partial charge in [-0.2, -0.15) is 0 Å². The number of cyclic esters (lactones) is 3. The number of carbonyl (C=O) groups is 6. The van der Waals surface area contributed by atoms with Crippen molar-refractivity contribution in [2.75, 3.05) is 21.1 Å². The highest BCUT2D eigenvalue weighted by Crippen LogP contribution is 2.25. The first-order chi connectivity index (χ1) is 23.1. The maximum absolute atomic E-state index is 14.2. The first-order valence-corrected chi connectivity index (χ1v) is 17.3. The van der Waals surface area contributed by atoms with E-state index in [4.69, 9.17) is 14.2 Å². The average molecular weight is 704 g/mol. The number of esters is 3. The van der Waals surface area contributed by atoms with Gasteiger partial charge < -0.3 is 34.0 Å². The van der Waals surface area contributed by atoms with E-state index < -0.39 is 102 Å². The van der Waals surface area contributed by atoms with E-state index in [0.717, 1.165) is 4.90 Å². The molecule has 2 rings (SSSR count). The van der Waals surface area contributed by atoms with Crippen LogP contribution in [0, 0.1) is 29.6 Å². The minimum atomic E-state index is -1.36. The van der Waals surface area contributed by atoms with Crippen LogP contribution in [0.25, 0.3) is 0 Å². The third-order valence-corrected chi connectivity index (χ3v) is 9.00. The standard InChI is InChI=1S/C37H57N3O10/c1-19(2)27-36(46)49-29(21(5)6)32(42)38(11)26(18-24-14-16-25(41)17-15-24)35(45)48-30(22(7)8)33(43)39(12)28(20(3)4)37(47)50-31(23(9)10)34(44)40(27)13/h14-17,19-23,26-31,41H,18H2,1-13H3. The highest BCUT2D eigenvalue weighted by molar-refractivity contribution is 5.94. The third kappa shape index (κ3) is 9.97. The molecule has 280 valence electrons. The van der Waals surface area contributed by atoms with E-state index in [-0.39, 0.29) is 12.2 Å². The molecule has 13 nitrogen and oxygen atoms in total. The molecule has 0 aromatic heterocycles. The Hall–Kier alpha value is -4.16. The maximum atomic E-state index is 14.2. The molecule has 0 bridgehead atoms. The van der Waals surface area contributed by atoms with Crippen LogP contribution < -0.4 is 0 Å². The highest BCUT2D eigenvalue weighted by Gasteiger charge is 2.44. The molecule has 1 aliphatic rings. The minimum absolute atomic E-state index is 0.00635. The zero-order valence-corrected chi connectivity index (χ0v) is 31.8. The molecule has 1 aromatic rings. The number of rotatable bonds is 7. The normalized spacial score (nSPS) is 25.8. The van der Waals surface area contributed by atoms with Crippen LogP contribution in [-0.4, -0.2) is 113 Å². The van der Waals surface area contributed by atoms with E-state index in [1.54, 1.807) is 81.4 Å². The summed E-state index contributed by atoms with van der Waals surface area (Å²) in [5.41, 5.74) is 0.580. The highest BCUT2D eigenvalue weighted by atomic mass is 16.6. The number of carbonyl (C=O) groups excluding carboxylic acids is 6. The summed E-state index contributed by atoms with van der Waals surface area (Å²) < 4.78 is 17.6. The van der Waals surface area contributed by atoms with Crippen LogP contribution in [0.4, 0.5) is 0 Å². The molecular formula is C37H57N3O10. The lowest BCUT2D eigenvalue weighted by atomic mass is 9.98. The summed E-state index contributed by atoms with van der Waals surface area (Å²) in [7, 11) is 4.22. The van der Waals surface area contributed by atoms with Gasteiger partial charge >= 0.3 is 17.9 Å². The van der Waals surface area contributed by atoms with Crippen LogP contribution in [0.1, 0.15) is 74.8 Å². The van der Waals surface area contributed by atoms with Gasteiger partial charge in [0.05, 0.1) is 0 Å². The molecular weight excluding hydrogens is 646 g/mol. The van der Waals surface area contributed by atoms with Crippen LogP contribution in [-0.2, 0) is 49.4 Å². The van der Waals surface area contributed by atoms with E-state index in [9.17, 15) is 33.9 Å². The van der Waals surface area contributed by atoms with Gasteiger partial charge in [0.1, 0.15) is 23.9 Å². The molecule has 0 radical (unpaired) electrons. The first kappa shape index (κ1) is 42.0. The number of phenols is 1. The van der Waals surface area contributed by atoms with E-state index in [1.807, 2.05) is 0 Å². The lowest BCUT2D eigenvalue weighted by Gasteiger charge is -2.38. The van der Waals surface area contributed by atoms with E-state index in [1.165, 1.54) is 43.1 Å². The van der Waals surface area contributed by atoms with Crippen LogP contribution in [0.2, 0.25) is 0 Å². The molecule has 50 heavy (non-hydrogen) atoms. The molecule has 13 heteroatoms. The number of amides is 3. The Labute approximate surface area is 296 Å². The summed E-state index contributed by atoms with van der Waals surface area (Å²) in [6.45, 7) is 17.0. The molecule has 0 spiro atoms. The Morgan fingerprint density at radius 1 is 0.520 bits per heavy atom. The van der Waals surface area contributed by atoms with Gasteiger partial charge in [0.15, 0.2) is 18.3 Å². The molecule has 6 atom stereocenters. The Morgan fingerprint density at radius 3 is 1.16 bits per heavy atom. The fourth-order valence-corrected chi connectivity index (χ4v) is 6.03. The van der Waals surface area contributed by atoms with Crippen molar-refractivity contribution in [3.63, 3.8) is 0 Å². The second-order valence-electron chi connectivity index (χ2n) is 14.9. The Balaban J connectivity index is 2.81. The van der Waals surface area contributed by atoms with Crippen molar-refractivity contribution >= 4 is 35.6 Å². The molecule has 0 aliphatic carbocycles. The van der Waals surface area contributed by atoms with Gasteiger partial charge in [-0.1, -0.05) is 81.4 Å². The molecule has 1 fully saturated rings. The lowest BCUT2D eigenvalue weighted by Crippen LogP contribution is -2.57. The largest absolute Gasteiger partial charge is 0.508 e. The summed E-state index contributed by atoms with van der Waals surface area (Å²) in [6, 6.07) is 2.47. The van der Waals surface area contributed by atoms with Crippen molar-refractivity contribution in [1.29, 1.82) is 0 Å². The molecule has 6 unspecified atom stereocenters. The number of likely N-dealkylation sites (N-methyl/N-ethyl adjacent to an activating group) is 3. The first-order valence-electron chi connectivity index (χ1n) is 17.3. The van der Waals surface area contributed by atoms with Gasteiger partial charge in [0.25, 0.3) is 17.7 Å². The van der Waals surface area contributed by atoms with Crippen molar-refractivity contribution in [1.82, 2.24) is 14.7 Å². The SMILES string of the molecule is CC(C)C1OC(=O)C(C(C)C)N(C)C(=O)C(C(C)C)OC(=O)C(C(C)C)N(C)C(=O)C(C(C)C)OC(=O)C(Cc2ccc(O)cc2)N(C)C1=O. The number of nitrogens with zero attached hydrogens (tertiary/aromatic N) is 3. The third-order valence-electron chi connectivity index (χ3n) is 9.00. The number of aromatic hydroxyl groups is 1. The summed E-state index contributed by atoms with van der Waals surface area (Å²) in [4.78, 5) is 87.5. The number of hydrogen-bond acceptors (Lipinski definition) is 10. The minimum Gasteiger partial charge on any atom is -0.508 e. The van der Waals surface area contributed by atoms with Crippen LogP contribution in [0.5, 0.6) is 5.75 Å². The van der Waals surface area contributed by atoms with Gasteiger partial charge in [-0.15, -0.1) is 0 Å². The number of ether oxygens (including phenoxy) is 3. The average Bonchev–Trinajstić information content (AvgIpc) is 3.02. The van der Waals surface area contributed by atoms with Crippen LogP contribution >= 0.6 is 0 Å². The van der Waals surface area contributed by atoms with Crippen molar-refractivity contribution in [3.8, 4) is 5.75 Å². The Kier molecular flexibility index (Phi) is 14.8. The topological polar surface area (TPSA) is 160 Å². The zero-order valence-electron chi connectivity index (χ0n) is 31.8. The lowest BCUT2D eigenvalue weighted by molar-refractivity contribution is -0.181. The maximum Gasteiger partial charge on any atom is 0.329 e. The number of phenolic OH excluding ortho intramolecular Hbond substituents is 1. The van der Waals surface area contributed by atoms with Gasteiger partial charge in [0, 0.05) is 27.6 Å².